The number of carbonyl (C=O) groups is 1. The first-order valence-electron chi connectivity index (χ1n) is 6.96. The first kappa shape index (κ1) is 15.3. The van der Waals surface area contributed by atoms with Crippen molar-refractivity contribution in [1.29, 1.82) is 0 Å². The van der Waals surface area contributed by atoms with Crippen LogP contribution in [0.2, 0.25) is 0 Å². The molecule has 0 bridgehead atoms. The van der Waals surface area contributed by atoms with E-state index in [9.17, 15) is 9.18 Å². The number of fused-ring (bicyclic) bond motifs is 1. The first-order chi connectivity index (χ1) is 9.16. The van der Waals surface area contributed by atoms with Gasteiger partial charge >= 0.3 is 0 Å². The molecule has 0 aromatic heterocycles. The Morgan fingerprint density at radius 2 is 2.00 bits per heavy atom. The predicted molar refractivity (Wildman–Crippen MR) is 78.4 cm³/mol. The lowest BCUT2D eigenvalue weighted by Gasteiger charge is -2.29. The number of likely N-dealkylation sites (tertiary alicyclic amines) is 1. The minimum Gasteiger partial charge on any atom is -0.338 e. The molecule has 20 heavy (non-hydrogen) atoms. The highest BCUT2D eigenvalue weighted by atomic mass is 35.5. The molecule has 3 rings (SSSR count). The minimum absolute atomic E-state index is 0. The summed E-state index contributed by atoms with van der Waals surface area (Å²) < 4.78 is 13.7. The van der Waals surface area contributed by atoms with Crippen LogP contribution in [0.5, 0.6) is 0 Å². The van der Waals surface area contributed by atoms with E-state index in [-0.39, 0.29) is 29.9 Å². The van der Waals surface area contributed by atoms with Crippen molar-refractivity contribution in [3.05, 3.63) is 35.6 Å². The van der Waals surface area contributed by atoms with Crippen LogP contribution in [0.15, 0.2) is 24.3 Å². The Bertz CT molecular complexity index is 497. The molecular formula is C15H20ClFN2O. The number of carbonyl (C=O) groups excluding carboxylic acids is 1. The summed E-state index contributed by atoms with van der Waals surface area (Å²) in [6, 6.07) is 6.38. The summed E-state index contributed by atoms with van der Waals surface area (Å²) in [5, 5.41) is 0. The summed E-state index contributed by atoms with van der Waals surface area (Å²) in [5.74, 6) is 0.260. The van der Waals surface area contributed by atoms with Crippen LogP contribution in [0.1, 0.15) is 29.6 Å². The van der Waals surface area contributed by atoms with Crippen molar-refractivity contribution in [3.8, 4) is 0 Å². The Morgan fingerprint density at radius 1 is 1.25 bits per heavy atom. The molecule has 3 atom stereocenters. The Morgan fingerprint density at radius 3 is 2.70 bits per heavy atom. The molecule has 5 heteroatoms. The van der Waals surface area contributed by atoms with Crippen LogP contribution in [0.3, 0.4) is 0 Å². The van der Waals surface area contributed by atoms with E-state index >= 15 is 0 Å². The summed E-state index contributed by atoms with van der Waals surface area (Å²) in [6.07, 6.45) is 3.33. The quantitative estimate of drug-likeness (QED) is 0.865. The maximum atomic E-state index is 13.7. The summed E-state index contributed by atoms with van der Waals surface area (Å²) >= 11 is 0. The number of benzene rings is 1. The van der Waals surface area contributed by atoms with Gasteiger partial charge in [0.25, 0.3) is 5.91 Å². The molecular weight excluding hydrogens is 279 g/mol. The van der Waals surface area contributed by atoms with E-state index in [1.807, 2.05) is 0 Å². The largest absolute Gasteiger partial charge is 0.338 e. The second-order valence-corrected chi connectivity index (χ2v) is 5.71. The van der Waals surface area contributed by atoms with Crippen molar-refractivity contribution in [2.45, 2.75) is 25.3 Å². The fourth-order valence-electron chi connectivity index (χ4n) is 3.49. The van der Waals surface area contributed by atoms with E-state index in [4.69, 9.17) is 5.73 Å². The van der Waals surface area contributed by atoms with Gasteiger partial charge in [0.05, 0.1) is 5.56 Å². The predicted octanol–water partition coefficient (Wildman–Crippen LogP) is 2.45. The fraction of sp³-hybridized carbons (Fsp3) is 0.533. The Hall–Kier alpha value is -1.13. The molecule has 0 radical (unpaired) electrons. The van der Waals surface area contributed by atoms with E-state index in [1.54, 1.807) is 23.1 Å². The van der Waals surface area contributed by atoms with Crippen molar-refractivity contribution >= 4 is 18.3 Å². The number of nitrogens with two attached hydrogens (primary N) is 1. The second-order valence-electron chi connectivity index (χ2n) is 5.71. The second kappa shape index (κ2) is 6.10. The van der Waals surface area contributed by atoms with Gasteiger partial charge in [-0.15, -0.1) is 12.4 Å². The number of hydrogen-bond acceptors (Lipinski definition) is 2. The average Bonchev–Trinajstić information content (AvgIpc) is 2.84. The number of nitrogens with zero attached hydrogens (tertiary/aromatic N) is 1. The van der Waals surface area contributed by atoms with E-state index in [0.29, 0.717) is 18.4 Å². The molecule has 2 fully saturated rings. The van der Waals surface area contributed by atoms with Crippen LogP contribution >= 0.6 is 12.4 Å². The summed E-state index contributed by atoms with van der Waals surface area (Å²) in [4.78, 5) is 14.1. The van der Waals surface area contributed by atoms with Crippen LogP contribution in [0.4, 0.5) is 4.39 Å². The van der Waals surface area contributed by atoms with Crippen molar-refractivity contribution < 1.29 is 9.18 Å². The van der Waals surface area contributed by atoms with E-state index in [0.717, 1.165) is 25.8 Å². The first-order valence-corrected chi connectivity index (χ1v) is 6.96. The normalized spacial score (nSPS) is 28.7. The highest BCUT2D eigenvalue weighted by molar-refractivity contribution is 5.94. The maximum absolute atomic E-state index is 13.7. The number of halogens is 2. The van der Waals surface area contributed by atoms with E-state index < -0.39 is 5.82 Å². The number of hydrogen-bond donors (Lipinski definition) is 1. The average molecular weight is 299 g/mol. The van der Waals surface area contributed by atoms with Crippen molar-refractivity contribution in [3.63, 3.8) is 0 Å². The maximum Gasteiger partial charge on any atom is 0.256 e. The Kier molecular flexibility index (Phi) is 4.66. The molecule has 1 aliphatic carbocycles. The third kappa shape index (κ3) is 2.67. The lowest BCUT2D eigenvalue weighted by Crippen LogP contribution is -2.38. The Balaban J connectivity index is 0.00000147. The van der Waals surface area contributed by atoms with Gasteiger partial charge in [0.15, 0.2) is 0 Å². The molecule has 1 saturated carbocycles. The highest BCUT2D eigenvalue weighted by Gasteiger charge is 2.40. The smallest absolute Gasteiger partial charge is 0.256 e. The third-order valence-electron chi connectivity index (χ3n) is 4.55. The Labute approximate surface area is 124 Å². The van der Waals surface area contributed by atoms with Gasteiger partial charge in [0, 0.05) is 19.1 Å². The van der Waals surface area contributed by atoms with Crippen LogP contribution < -0.4 is 5.73 Å². The van der Waals surface area contributed by atoms with Gasteiger partial charge in [-0.25, -0.2) is 4.39 Å². The van der Waals surface area contributed by atoms with Crippen molar-refractivity contribution in [2.75, 3.05) is 13.1 Å². The number of rotatable bonds is 1. The molecule has 3 unspecified atom stereocenters. The van der Waals surface area contributed by atoms with Gasteiger partial charge in [-0.1, -0.05) is 18.6 Å². The molecule has 2 N–H and O–H groups in total. The van der Waals surface area contributed by atoms with Crippen LogP contribution in [0, 0.1) is 17.7 Å². The molecule has 1 aromatic carbocycles. The summed E-state index contributed by atoms with van der Waals surface area (Å²) in [7, 11) is 0. The lowest BCUT2D eigenvalue weighted by molar-refractivity contribution is 0.0779. The summed E-state index contributed by atoms with van der Waals surface area (Å²) in [5.41, 5.74) is 6.31. The third-order valence-corrected chi connectivity index (χ3v) is 4.55. The molecule has 1 aromatic rings. The molecule has 110 valence electrons. The zero-order chi connectivity index (χ0) is 13.4. The van der Waals surface area contributed by atoms with Crippen molar-refractivity contribution in [1.82, 2.24) is 4.90 Å². The topological polar surface area (TPSA) is 46.3 Å². The van der Waals surface area contributed by atoms with Gasteiger partial charge in [0.2, 0.25) is 0 Å². The summed E-state index contributed by atoms with van der Waals surface area (Å²) in [6.45, 7) is 1.41. The standard InChI is InChI=1S/C15H19FN2O.ClH/c16-13-6-2-1-5-11(13)15(19)18-8-10-4-3-7-14(17)12(10)9-18;/h1-2,5-6,10,12,14H,3-4,7-9,17H2;1H. The van der Waals surface area contributed by atoms with E-state index in [2.05, 4.69) is 0 Å². The monoisotopic (exact) mass is 298 g/mol. The zero-order valence-electron chi connectivity index (χ0n) is 11.3. The van der Waals surface area contributed by atoms with Gasteiger partial charge < -0.3 is 10.6 Å². The molecule has 3 nitrogen and oxygen atoms in total. The van der Waals surface area contributed by atoms with Crippen LogP contribution in [0.25, 0.3) is 0 Å². The van der Waals surface area contributed by atoms with Gasteiger partial charge in [-0.2, -0.15) is 0 Å². The van der Waals surface area contributed by atoms with Crippen molar-refractivity contribution in [2.24, 2.45) is 17.6 Å². The zero-order valence-corrected chi connectivity index (χ0v) is 12.1. The van der Waals surface area contributed by atoms with Gasteiger partial charge in [0.1, 0.15) is 5.82 Å². The SMILES string of the molecule is Cl.NC1CCCC2CN(C(=O)c3ccccc3F)CC12. The minimum atomic E-state index is -0.438. The van der Waals surface area contributed by atoms with Gasteiger partial charge in [-0.05, 0) is 36.8 Å². The molecule has 0 spiro atoms. The molecule has 1 amide bonds. The van der Waals surface area contributed by atoms with E-state index in [1.165, 1.54) is 6.07 Å². The molecule has 2 aliphatic rings. The molecule has 1 aliphatic heterocycles. The number of amides is 1. The fourth-order valence-corrected chi connectivity index (χ4v) is 3.49. The van der Waals surface area contributed by atoms with Crippen LogP contribution in [-0.4, -0.2) is 29.9 Å². The van der Waals surface area contributed by atoms with Gasteiger partial charge in [-0.3, -0.25) is 4.79 Å². The molecule has 1 saturated heterocycles. The molecule has 1 heterocycles. The van der Waals surface area contributed by atoms with Crippen LogP contribution in [-0.2, 0) is 0 Å². The lowest BCUT2D eigenvalue weighted by atomic mass is 9.78. The highest BCUT2D eigenvalue weighted by Crippen LogP contribution is 2.36.